The Hall–Kier alpha value is -3.62. The molecule has 0 heterocycles. The maximum absolute atomic E-state index is 11.6. The monoisotopic (exact) mass is 491 g/mol. The van der Waals surface area contributed by atoms with Gasteiger partial charge in [-0.05, 0) is 55.5 Å². The van der Waals surface area contributed by atoms with Crippen LogP contribution < -0.4 is 15.2 Å². The van der Waals surface area contributed by atoms with E-state index in [1.807, 2.05) is 67.6 Å². The van der Waals surface area contributed by atoms with Gasteiger partial charge in [-0.2, -0.15) is 0 Å². The van der Waals surface area contributed by atoms with Crippen molar-refractivity contribution in [1.29, 1.82) is 0 Å². The first-order chi connectivity index (χ1) is 17.4. The molecule has 2 atom stereocenters. The maximum Gasteiger partial charge on any atom is 0.299 e. The van der Waals surface area contributed by atoms with Crippen molar-refractivity contribution >= 4 is 11.4 Å². The lowest BCUT2D eigenvalue weighted by molar-refractivity contribution is -0.384. The van der Waals surface area contributed by atoms with Crippen LogP contribution in [0.3, 0.4) is 0 Å². The zero-order chi connectivity index (χ0) is 25.5. The molecule has 1 aliphatic rings. The first kappa shape index (κ1) is 25.5. The molecule has 0 fully saturated rings. The maximum atomic E-state index is 11.6. The highest BCUT2D eigenvalue weighted by atomic mass is 16.6. The first-order valence-electron chi connectivity index (χ1n) is 12.3. The predicted octanol–water partition coefficient (Wildman–Crippen LogP) is 4.38. The minimum Gasteiger partial charge on any atom is -0.489 e. The molecule has 0 bridgehead atoms. The molecule has 0 amide bonds. The molecule has 0 radical (unpaired) electrons. The second kappa shape index (κ2) is 11.9. The Balaban J connectivity index is 1.41. The average molecular weight is 492 g/mol. The number of nitrogens with zero attached hydrogens (tertiary/aromatic N) is 2. The number of nitro benzene ring substituents is 1. The van der Waals surface area contributed by atoms with Crippen molar-refractivity contribution in [2.24, 2.45) is 0 Å². The molecule has 4 rings (SSSR count). The van der Waals surface area contributed by atoms with E-state index in [1.54, 1.807) is 6.07 Å². The molecular weight excluding hydrogens is 458 g/mol. The van der Waals surface area contributed by atoms with Crippen LogP contribution in [0.15, 0.2) is 66.7 Å². The van der Waals surface area contributed by atoms with Crippen LogP contribution in [0.5, 0.6) is 11.5 Å². The highest BCUT2D eigenvalue weighted by molar-refractivity contribution is 5.73. The van der Waals surface area contributed by atoms with E-state index in [0.717, 1.165) is 29.7 Å². The number of benzene rings is 3. The van der Waals surface area contributed by atoms with Gasteiger partial charge in [0.15, 0.2) is 5.69 Å². The van der Waals surface area contributed by atoms with Crippen LogP contribution in [0.1, 0.15) is 30.0 Å². The van der Waals surface area contributed by atoms with Gasteiger partial charge in [0, 0.05) is 25.2 Å². The third-order valence-electron chi connectivity index (χ3n) is 6.30. The zero-order valence-electron chi connectivity index (χ0n) is 20.5. The average Bonchev–Trinajstić information content (AvgIpc) is 3.31. The number of aliphatic hydroxyl groups excluding tert-OH is 1. The summed E-state index contributed by atoms with van der Waals surface area (Å²) in [7, 11) is 0. The summed E-state index contributed by atoms with van der Waals surface area (Å²) in [6, 6.07) is 21.5. The van der Waals surface area contributed by atoms with E-state index >= 15 is 0 Å². The highest BCUT2D eigenvalue weighted by Gasteiger charge is 2.29. The van der Waals surface area contributed by atoms with Gasteiger partial charge in [0.1, 0.15) is 30.3 Å². The number of para-hydroxylation sites is 1. The third-order valence-corrected chi connectivity index (χ3v) is 6.30. The third kappa shape index (κ3) is 6.53. The number of aryl methyl sites for hydroxylation is 1. The fraction of sp³-hybridized carbons (Fsp3) is 0.357. The molecule has 2 unspecified atom stereocenters. The van der Waals surface area contributed by atoms with E-state index in [9.17, 15) is 15.2 Å². The number of hydrogen-bond acceptors (Lipinski definition) is 7. The van der Waals surface area contributed by atoms with Crippen LogP contribution >= 0.6 is 0 Å². The standard InChI is InChI=1S/C28H33N3O5/c1-20(36-24-12-6-3-7-13-24)16-30(17-21-9-4-2-5-10-21)18-23(32)19-35-26-15-22-11-8-14-25(22)28(27(26)29)31(33)34/h2-7,9-10,12-13,15,20,23,32H,8,11,14,16-19,29H2,1H3. The Morgan fingerprint density at radius 2 is 1.78 bits per heavy atom. The van der Waals surface area contributed by atoms with Crippen LogP contribution in [0.2, 0.25) is 0 Å². The number of nitro groups is 1. The van der Waals surface area contributed by atoms with E-state index in [0.29, 0.717) is 31.6 Å². The molecule has 0 spiro atoms. The summed E-state index contributed by atoms with van der Waals surface area (Å²) in [5, 5.41) is 22.5. The number of nitrogen functional groups attached to an aromatic ring is 1. The van der Waals surface area contributed by atoms with Gasteiger partial charge in [-0.3, -0.25) is 15.0 Å². The molecule has 1 aliphatic carbocycles. The predicted molar refractivity (Wildman–Crippen MR) is 139 cm³/mol. The Bertz CT molecular complexity index is 1160. The number of aliphatic hydroxyl groups is 1. The summed E-state index contributed by atoms with van der Waals surface area (Å²) < 4.78 is 11.9. The number of hydrogen-bond donors (Lipinski definition) is 2. The Kier molecular flexibility index (Phi) is 8.40. The van der Waals surface area contributed by atoms with Gasteiger partial charge in [-0.25, -0.2) is 0 Å². The summed E-state index contributed by atoms with van der Waals surface area (Å²) in [5.41, 5.74) is 8.80. The fourth-order valence-corrected chi connectivity index (χ4v) is 4.75. The van der Waals surface area contributed by atoms with Crippen LogP contribution in [-0.2, 0) is 19.4 Å². The topological polar surface area (TPSA) is 111 Å². The molecule has 3 aromatic rings. The number of ether oxygens (including phenoxy) is 2. The fourth-order valence-electron chi connectivity index (χ4n) is 4.75. The summed E-state index contributed by atoms with van der Waals surface area (Å²) in [6.45, 7) is 3.53. The first-order valence-corrected chi connectivity index (χ1v) is 12.3. The molecule has 0 saturated heterocycles. The molecule has 0 aromatic heterocycles. The lowest BCUT2D eigenvalue weighted by Crippen LogP contribution is -2.40. The van der Waals surface area contributed by atoms with Crippen molar-refractivity contribution in [3.63, 3.8) is 0 Å². The summed E-state index contributed by atoms with van der Waals surface area (Å²) in [5.74, 6) is 1.05. The molecular formula is C28H33N3O5. The largest absolute Gasteiger partial charge is 0.489 e. The van der Waals surface area contributed by atoms with Gasteiger partial charge >= 0.3 is 0 Å². The van der Waals surface area contributed by atoms with Crippen LogP contribution in [-0.4, -0.2) is 46.8 Å². The van der Waals surface area contributed by atoms with E-state index < -0.39 is 11.0 Å². The Morgan fingerprint density at radius 3 is 2.47 bits per heavy atom. The van der Waals surface area contributed by atoms with Crippen molar-refractivity contribution in [2.75, 3.05) is 25.4 Å². The van der Waals surface area contributed by atoms with Gasteiger partial charge in [0.2, 0.25) is 0 Å². The number of anilines is 1. The molecule has 0 saturated carbocycles. The molecule has 8 heteroatoms. The molecule has 190 valence electrons. The number of nitrogens with two attached hydrogens (primary N) is 1. The lowest BCUT2D eigenvalue weighted by atomic mass is 10.1. The van der Waals surface area contributed by atoms with Crippen LogP contribution in [0, 0.1) is 10.1 Å². The Morgan fingerprint density at radius 1 is 1.08 bits per heavy atom. The normalized spacial score (nSPS) is 14.3. The van der Waals surface area contributed by atoms with Crippen LogP contribution in [0.4, 0.5) is 11.4 Å². The van der Waals surface area contributed by atoms with E-state index in [4.69, 9.17) is 15.2 Å². The molecule has 8 nitrogen and oxygen atoms in total. The van der Waals surface area contributed by atoms with Crippen molar-refractivity contribution in [3.05, 3.63) is 93.5 Å². The van der Waals surface area contributed by atoms with Gasteiger partial charge in [0.05, 0.1) is 4.92 Å². The molecule has 0 aliphatic heterocycles. The van der Waals surface area contributed by atoms with E-state index in [2.05, 4.69) is 4.90 Å². The highest BCUT2D eigenvalue weighted by Crippen LogP contribution is 2.41. The van der Waals surface area contributed by atoms with Crippen molar-refractivity contribution in [2.45, 2.75) is 44.9 Å². The van der Waals surface area contributed by atoms with Crippen LogP contribution in [0.25, 0.3) is 0 Å². The smallest absolute Gasteiger partial charge is 0.299 e. The quantitative estimate of drug-likeness (QED) is 0.220. The van der Waals surface area contributed by atoms with Gasteiger partial charge in [-0.1, -0.05) is 48.5 Å². The second-order valence-electron chi connectivity index (χ2n) is 9.27. The number of fused-ring (bicyclic) bond motifs is 1. The van der Waals surface area contributed by atoms with Gasteiger partial charge in [-0.15, -0.1) is 0 Å². The summed E-state index contributed by atoms with van der Waals surface area (Å²) >= 11 is 0. The lowest BCUT2D eigenvalue weighted by Gasteiger charge is -2.28. The van der Waals surface area contributed by atoms with Crippen molar-refractivity contribution in [3.8, 4) is 11.5 Å². The summed E-state index contributed by atoms with van der Waals surface area (Å²) in [4.78, 5) is 13.3. The van der Waals surface area contributed by atoms with E-state index in [1.165, 1.54) is 0 Å². The van der Waals surface area contributed by atoms with Gasteiger partial charge < -0.3 is 20.3 Å². The zero-order valence-corrected chi connectivity index (χ0v) is 20.5. The molecule has 3 aromatic carbocycles. The number of rotatable bonds is 12. The van der Waals surface area contributed by atoms with Gasteiger partial charge in [0.25, 0.3) is 5.69 Å². The summed E-state index contributed by atoms with van der Waals surface area (Å²) in [6.07, 6.45) is 1.33. The van der Waals surface area contributed by atoms with E-state index in [-0.39, 0.29) is 29.8 Å². The van der Waals surface area contributed by atoms with Crippen molar-refractivity contribution < 1.29 is 19.5 Å². The Labute approximate surface area is 211 Å². The molecule has 3 N–H and O–H groups in total. The SMILES string of the molecule is CC(CN(Cc1ccccc1)CC(O)COc1cc2c(c([N+](=O)[O-])c1N)CCC2)Oc1ccccc1. The molecule has 36 heavy (non-hydrogen) atoms. The minimum absolute atomic E-state index is 0.0267. The van der Waals surface area contributed by atoms with Crippen molar-refractivity contribution in [1.82, 2.24) is 4.90 Å². The minimum atomic E-state index is -0.829. The second-order valence-corrected chi connectivity index (χ2v) is 9.27.